The van der Waals surface area contributed by atoms with Gasteiger partial charge in [0.05, 0.1) is 22.1 Å². The average molecular weight is 663 g/mol. The number of aromatic nitrogens is 2. The van der Waals surface area contributed by atoms with Crippen molar-refractivity contribution in [2.45, 2.75) is 12.8 Å². The predicted molar refractivity (Wildman–Crippen MR) is 222 cm³/mol. The van der Waals surface area contributed by atoms with Crippen LogP contribution in [0.4, 0.5) is 0 Å². The van der Waals surface area contributed by atoms with E-state index in [4.69, 9.17) is 0 Å². The van der Waals surface area contributed by atoms with Crippen molar-refractivity contribution >= 4 is 76.4 Å². The van der Waals surface area contributed by atoms with Gasteiger partial charge in [0.15, 0.2) is 0 Å². The van der Waals surface area contributed by atoms with Crippen molar-refractivity contribution in [1.82, 2.24) is 9.13 Å². The minimum Gasteiger partial charge on any atom is -0.313 e. The van der Waals surface area contributed by atoms with Crippen LogP contribution >= 0.6 is 0 Å². The summed E-state index contributed by atoms with van der Waals surface area (Å²) in [6.07, 6.45) is 6.70. The number of rotatable bonds is 4. The van der Waals surface area contributed by atoms with Crippen LogP contribution in [0.5, 0.6) is 0 Å². The first kappa shape index (κ1) is 29.1. The molecule has 1 aliphatic rings. The summed E-state index contributed by atoms with van der Waals surface area (Å²) in [7, 11) is 0. The SMILES string of the molecule is C1=C(c2c3ccccc3c(-c3ccc(-n4c5ccccc5c5ccccc54)cc3)c3ccccc23)CCC(n2c3ccccc3c3ccccc32)=C1. The second-order valence-corrected chi connectivity index (χ2v) is 14.0. The van der Waals surface area contributed by atoms with Gasteiger partial charge in [0, 0.05) is 32.9 Å². The minimum atomic E-state index is 0.975. The Balaban J connectivity index is 1.07. The molecule has 2 aromatic heterocycles. The number of allylic oxidation sites excluding steroid dienone is 4. The van der Waals surface area contributed by atoms with Crippen LogP contribution < -0.4 is 0 Å². The zero-order valence-electron chi connectivity index (χ0n) is 28.6. The molecule has 0 saturated heterocycles. The zero-order chi connectivity index (χ0) is 34.2. The highest BCUT2D eigenvalue weighted by molar-refractivity contribution is 6.19. The van der Waals surface area contributed by atoms with Gasteiger partial charge in [0.2, 0.25) is 0 Å². The number of fused-ring (bicyclic) bond motifs is 8. The molecule has 0 fully saturated rings. The number of nitrogens with zero attached hydrogens (tertiary/aromatic N) is 2. The molecule has 10 aromatic rings. The Kier molecular flexibility index (Phi) is 6.41. The monoisotopic (exact) mass is 662 g/mol. The van der Waals surface area contributed by atoms with Crippen LogP contribution in [0.25, 0.3) is 93.2 Å². The van der Waals surface area contributed by atoms with Crippen molar-refractivity contribution in [1.29, 1.82) is 0 Å². The third kappa shape index (κ3) is 4.25. The molecule has 0 N–H and O–H groups in total. The summed E-state index contributed by atoms with van der Waals surface area (Å²) in [5, 5.41) is 10.4. The molecule has 1 aliphatic carbocycles. The van der Waals surface area contributed by atoms with E-state index in [9.17, 15) is 0 Å². The Hall–Kier alpha value is -6.64. The molecular weight excluding hydrogens is 629 g/mol. The molecule has 11 rings (SSSR count). The van der Waals surface area contributed by atoms with Gasteiger partial charge >= 0.3 is 0 Å². The van der Waals surface area contributed by atoms with E-state index in [1.54, 1.807) is 0 Å². The van der Waals surface area contributed by atoms with Crippen LogP contribution in [0, 0.1) is 0 Å². The molecule has 52 heavy (non-hydrogen) atoms. The Morgan fingerprint density at radius 3 is 1.12 bits per heavy atom. The molecule has 2 heteroatoms. The summed E-state index contributed by atoms with van der Waals surface area (Å²) < 4.78 is 4.87. The highest BCUT2D eigenvalue weighted by Gasteiger charge is 2.21. The third-order valence-corrected chi connectivity index (χ3v) is 11.2. The fourth-order valence-electron chi connectivity index (χ4n) is 9.02. The second-order valence-electron chi connectivity index (χ2n) is 14.0. The van der Waals surface area contributed by atoms with Crippen molar-refractivity contribution in [3.8, 4) is 16.8 Å². The molecule has 244 valence electrons. The Labute approximate surface area is 301 Å². The molecule has 0 amide bonds. The van der Waals surface area contributed by atoms with E-state index in [0.29, 0.717) is 0 Å². The van der Waals surface area contributed by atoms with Crippen LogP contribution in [0.3, 0.4) is 0 Å². The zero-order valence-corrected chi connectivity index (χ0v) is 28.6. The van der Waals surface area contributed by atoms with Gasteiger partial charge in [-0.05, 0) is 99.1 Å². The predicted octanol–water partition coefficient (Wildman–Crippen LogP) is 13.6. The third-order valence-electron chi connectivity index (χ3n) is 11.2. The van der Waals surface area contributed by atoms with E-state index < -0.39 is 0 Å². The average Bonchev–Trinajstić information content (AvgIpc) is 3.73. The molecule has 0 aliphatic heterocycles. The van der Waals surface area contributed by atoms with Gasteiger partial charge in [-0.15, -0.1) is 0 Å². The van der Waals surface area contributed by atoms with E-state index in [1.807, 2.05) is 0 Å². The van der Waals surface area contributed by atoms with Gasteiger partial charge in [0.25, 0.3) is 0 Å². The molecule has 0 saturated carbocycles. The van der Waals surface area contributed by atoms with Gasteiger partial charge in [-0.3, -0.25) is 0 Å². The lowest BCUT2D eigenvalue weighted by Gasteiger charge is -2.22. The van der Waals surface area contributed by atoms with E-state index >= 15 is 0 Å². The minimum absolute atomic E-state index is 0.975. The number of para-hydroxylation sites is 4. The summed E-state index contributed by atoms with van der Waals surface area (Å²) in [6.45, 7) is 0. The van der Waals surface area contributed by atoms with Gasteiger partial charge in [-0.2, -0.15) is 0 Å². The standard InChI is InChI=1S/C50H34N2/c1-2-18-42-41(17-1)49(33-25-29-35(30-26-33)51-45-21-9-5-13-37(45)38-14-6-10-22-46(38)51)43-19-3-4-20-44(43)50(42)34-27-31-36(32-28-34)52-47-23-11-7-15-39(47)40-16-8-12-24-48(40)52/h1-27,29-31H,28,32H2. The van der Waals surface area contributed by atoms with Crippen LogP contribution in [-0.4, -0.2) is 9.13 Å². The first-order valence-electron chi connectivity index (χ1n) is 18.2. The van der Waals surface area contributed by atoms with E-state index in [-0.39, 0.29) is 0 Å². The Bertz CT molecular complexity index is 2950. The van der Waals surface area contributed by atoms with Gasteiger partial charge in [-0.25, -0.2) is 0 Å². The summed E-state index contributed by atoms with van der Waals surface area (Å²) >= 11 is 0. The Morgan fingerprint density at radius 1 is 0.308 bits per heavy atom. The maximum absolute atomic E-state index is 2.47. The van der Waals surface area contributed by atoms with Crippen LogP contribution in [0.2, 0.25) is 0 Å². The lowest BCUT2D eigenvalue weighted by Crippen LogP contribution is -2.02. The molecule has 0 bridgehead atoms. The fourth-order valence-corrected chi connectivity index (χ4v) is 9.02. The summed E-state index contributed by atoms with van der Waals surface area (Å²) in [6, 6.07) is 62.3. The van der Waals surface area contributed by atoms with Crippen molar-refractivity contribution in [2.24, 2.45) is 0 Å². The fraction of sp³-hybridized carbons (Fsp3) is 0.0400. The maximum Gasteiger partial charge on any atom is 0.0541 e. The highest BCUT2D eigenvalue weighted by Crippen LogP contribution is 2.45. The number of hydrogen-bond donors (Lipinski definition) is 0. The van der Waals surface area contributed by atoms with Gasteiger partial charge in [-0.1, -0.05) is 140 Å². The summed E-state index contributed by atoms with van der Waals surface area (Å²) in [5.74, 6) is 0. The molecule has 8 aromatic carbocycles. The van der Waals surface area contributed by atoms with E-state index in [2.05, 4.69) is 191 Å². The largest absolute Gasteiger partial charge is 0.313 e. The lowest BCUT2D eigenvalue weighted by molar-refractivity contribution is 0.994. The van der Waals surface area contributed by atoms with E-state index in [0.717, 1.165) is 12.8 Å². The molecule has 0 spiro atoms. The van der Waals surface area contributed by atoms with Crippen molar-refractivity contribution in [3.05, 3.63) is 188 Å². The molecule has 0 unspecified atom stereocenters. The van der Waals surface area contributed by atoms with Crippen LogP contribution in [0.15, 0.2) is 182 Å². The van der Waals surface area contributed by atoms with E-state index in [1.165, 1.54) is 98.8 Å². The smallest absolute Gasteiger partial charge is 0.0541 e. The van der Waals surface area contributed by atoms with Crippen LogP contribution in [-0.2, 0) is 0 Å². The second kappa shape index (κ2) is 11.4. The number of hydrogen-bond acceptors (Lipinski definition) is 0. The van der Waals surface area contributed by atoms with Gasteiger partial charge < -0.3 is 9.13 Å². The molecular formula is C50H34N2. The maximum atomic E-state index is 2.47. The lowest BCUT2D eigenvalue weighted by atomic mass is 9.83. The molecule has 0 atom stereocenters. The first-order chi connectivity index (χ1) is 25.8. The van der Waals surface area contributed by atoms with Crippen molar-refractivity contribution in [3.63, 3.8) is 0 Å². The highest BCUT2D eigenvalue weighted by atomic mass is 15.0. The summed E-state index contributed by atoms with van der Waals surface area (Å²) in [4.78, 5) is 0. The summed E-state index contributed by atoms with van der Waals surface area (Å²) in [5.41, 5.74) is 12.8. The molecule has 2 nitrogen and oxygen atoms in total. The molecule has 0 radical (unpaired) electrons. The quantitative estimate of drug-likeness (QED) is 0.166. The first-order valence-corrected chi connectivity index (χ1v) is 18.2. The normalized spacial score (nSPS) is 13.5. The van der Waals surface area contributed by atoms with Gasteiger partial charge in [0.1, 0.15) is 0 Å². The topological polar surface area (TPSA) is 9.86 Å². The van der Waals surface area contributed by atoms with Crippen molar-refractivity contribution < 1.29 is 0 Å². The number of benzene rings is 8. The van der Waals surface area contributed by atoms with Crippen molar-refractivity contribution in [2.75, 3.05) is 0 Å². The Morgan fingerprint density at radius 2 is 0.692 bits per heavy atom. The van der Waals surface area contributed by atoms with Crippen LogP contribution in [0.1, 0.15) is 18.4 Å². The molecule has 2 heterocycles.